The number of carbonyl (C=O) groups excluding carboxylic acids is 1. The third-order valence-electron chi connectivity index (χ3n) is 8.20. The molecule has 1 saturated heterocycles. The molecule has 1 aliphatic carbocycles. The zero-order valence-electron chi connectivity index (χ0n) is 25.4. The van der Waals surface area contributed by atoms with Gasteiger partial charge in [0, 0.05) is 31.4 Å². The lowest BCUT2D eigenvalue weighted by molar-refractivity contribution is -0.137. The number of piperidine rings is 1. The molecule has 11 nitrogen and oxygen atoms in total. The number of hydrogen-bond acceptors (Lipinski definition) is 9. The molecule has 5 rings (SSSR count). The lowest BCUT2D eigenvalue weighted by Crippen LogP contribution is -2.46. The van der Waals surface area contributed by atoms with Crippen LogP contribution in [0, 0.1) is 0 Å². The van der Waals surface area contributed by atoms with E-state index in [2.05, 4.69) is 30.8 Å². The molecule has 1 unspecified atom stereocenters. The predicted molar refractivity (Wildman–Crippen MR) is 164 cm³/mol. The maximum Gasteiger partial charge on any atom is 0.421 e. The van der Waals surface area contributed by atoms with Crippen molar-refractivity contribution < 1.29 is 31.1 Å². The number of hydrogen-bond donors (Lipinski definition) is 3. The van der Waals surface area contributed by atoms with Crippen molar-refractivity contribution in [1.29, 1.82) is 0 Å². The molecule has 2 aromatic carbocycles. The number of aromatic nitrogens is 2. The summed E-state index contributed by atoms with van der Waals surface area (Å²) in [7, 11) is 1.13. The zero-order chi connectivity index (χ0) is 32.5. The minimum atomic E-state index is -4.79. The van der Waals surface area contributed by atoms with Gasteiger partial charge in [-0.2, -0.15) is 22.5 Å². The average molecular weight is 648 g/mol. The molecular formula is C30H36F3N7O4S. The average Bonchev–Trinajstić information content (AvgIpc) is 3.33. The van der Waals surface area contributed by atoms with Crippen molar-refractivity contribution in [3.8, 4) is 5.75 Å². The van der Waals surface area contributed by atoms with Gasteiger partial charge in [0.05, 0.1) is 31.1 Å². The second kappa shape index (κ2) is 12.8. The molecule has 0 bridgehead atoms. The monoisotopic (exact) mass is 647 g/mol. The van der Waals surface area contributed by atoms with Crippen LogP contribution in [0.2, 0.25) is 0 Å². The first-order chi connectivity index (χ1) is 21.2. The minimum absolute atomic E-state index is 0.0241. The number of methoxy groups -OCH3 is 1. The van der Waals surface area contributed by atoms with Gasteiger partial charge < -0.3 is 25.6 Å². The van der Waals surface area contributed by atoms with Crippen molar-refractivity contribution >= 4 is 33.4 Å². The Labute approximate surface area is 260 Å². The van der Waals surface area contributed by atoms with E-state index in [1.807, 2.05) is 13.1 Å². The Kier molecular flexibility index (Phi) is 9.23. The zero-order valence-corrected chi connectivity index (χ0v) is 26.2. The van der Waals surface area contributed by atoms with E-state index >= 15 is 0 Å². The van der Waals surface area contributed by atoms with Gasteiger partial charge in [-0.05, 0) is 62.2 Å². The fraction of sp³-hybridized carbons (Fsp3) is 0.433. The molecule has 2 aliphatic rings. The third-order valence-corrected chi connectivity index (χ3v) is 9.47. The van der Waals surface area contributed by atoms with Gasteiger partial charge in [0.1, 0.15) is 17.1 Å². The van der Waals surface area contributed by atoms with Crippen LogP contribution in [0.25, 0.3) is 0 Å². The van der Waals surface area contributed by atoms with Crippen LogP contribution in [-0.2, 0) is 22.6 Å². The van der Waals surface area contributed by atoms with Crippen molar-refractivity contribution in [2.24, 2.45) is 0 Å². The van der Waals surface area contributed by atoms with Gasteiger partial charge in [0.2, 0.25) is 16.0 Å². The van der Waals surface area contributed by atoms with Crippen molar-refractivity contribution in [1.82, 2.24) is 24.5 Å². The van der Waals surface area contributed by atoms with Crippen molar-refractivity contribution in [2.75, 3.05) is 51.2 Å². The number of amides is 1. The third kappa shape index (κ3) is 7.31. The number of sulfonamides is 1. The number of rotatable bonds is 9. The summed E-state index contributed by atoms with van der Waals surface area (Å²) in [5.41, 5.74) is 1.12. The van der Waals surface area contributed by atoms with E-state index in [0.717, 1.165) is 42.1 Å². The summed E-state index contributed by atoms with van der Waals surface area (Å²) in [5.74, 6) is -0.655. The quantitative estimate of drug-likeness (QED) is 0.315. The normalized spacial score (nSPS) is 20.5. The number of likely N-dealkylation sites (N-methyl/N-ethyl adjacent to an activating group) is 2. The van der Waals surface area contributed by atoms with Crippen LogP contribution in [-0.4, -0.2) is 86.1 Å². The van der Waals surface area contributed by atoms with Crippen molar-refractivity contribution in [3.05, 3.63) is 70.9 Å². The number of nitrogens with one attached hydrogen (secondary N) is 3. The highest BCUT2D eigenvalue weighted by molar-refractivity contribution is 7.88. The standard InChI is InChI=1S/C30H36F3N7O4S/c1-39-13-7-9-20(17-39)35-28(41)19-11-12-23(25(15-19)44-3)37-29-34-16-22(30(31,32)33)27(38-29)36-24-14-18-8-5-6-10-21(18)26(24)40(2)45(4,42)43/h5-6,8,10-12,15-16,20,24,26H,7,9,13-14,17H2,1-4H3,(H,35,41)(H2,34,36,37,38)/t20?,24-,26-/m1/s1. The Morgan fingerprint density at radius 2 is 1.93 bits per heavy atom. The van der Waals surface area contributed by atoms with Gasteiger partial charge >= 0.3 is 6.18 Å². The highest BCUT2D eigenvalue weighted by Gasteiger charge is 2.41. The number of halogens is 3. The highest BCUT2D eigenvalue weighted by Crippen LogP contribution is 2.41. The molecule has 0 radical (unpaired) electrons. The van der Waals surface area contributed by atoms with Gasteiger partial charge in [-0.1, -0.05) is 24.3 Å². The van der Waals surface area contributed by atoms with Crippen LogP contribution in [0.3, 0.4) is 0 Å². The number of nitrogens with zero attached hydrogens (tertiary/aromatic N) is 4. The minimum Gasteiger partial charge on any atom is -0.495 e. The van der Waals surface area contributed by atoms with Crippen LogP contribution in [0.15, 0.2) is 48.7 Å². The molecule has 1 amide bonds. The van der Waals surface area contributed by atoms with Crippen LogP contribution >= 0.6 is 0 Å². The molecule has 2 heterocycles. The van der Waals surface area contributed by atoms with E-state index in [0.29, 0.717) is 23.0 Å². The van der Waals surface area contributed by atoms with Crippen LogP contribution in [0.5, 0.6) is 5.75 Å². The Morgan fingerprint density at radius 1 is 1.18 bits per heavy atom. The summed E-state index contributed by atoms with van der Waals surface area (Å²) >= 11 is 0. The van der Waals surface area contributed by atoms with Crippen molar-refractivity contribution in [3.63, 3.8) is 0 Å². The molecule has 3 aromatic rings. The Hall–Kier alpha value is -3.95. The summed E-state index contributed by atoms with van der Waals surface area (Å²) in [6, 6.07) is 10.3. The molecule has 1 aromatic heterocycles. The first-order valence-electron chi connectivity index (χ1n) is 14.4. The molecular weight excluding hydrogens is 611 g/mol. The molecule has 3 atom stereocenters. The number of alkyl halides is 3. The molecule has 242 valence electrons. The molecule has 0 spiro atoms. The lowest BCUT2D eigenvalue weighted by atomic mass is 10.1. The van der Waals surface area contributed by atoms with Gasteiger partial charge in [0.15, 0.2) is 0 Å². The maximum absolute atomic E-state index is 14.1. The van der Waals surface area contributed by atoms with E-state index in [9.17, 15) is 26.4 Å². The van der Waals surface area contributed by atoms with Gasteiger partial charge in [-0.3, -0.25) is 4.79 Å². The molecule has 1 aliphatic heterocycles. The van der Waals surface area contributed by atoms with E-state index in [4.69, 9.17) is 4.74 Å². The summed E-state index contributed by atoms with van der Waals surface area (Å²) in [5, 5.41) is 8.82. The van der Waals surface area contributed by atoms with Crippen LogP contribution in [0.4, 0.5) is 30.6 Å². The molecule has 45 heavy (non-hydrogen) atoms. The number of ether oxygens (including phenoxy) is 1. The predicted octanol–water partition coefficient (Wildman–Crippen LogP) is 4.04. The SMILES string of the molecule is COc1cc(C(=O)NC2CCCN(C)C2)ccc1Nc1ncc(C(F)(F)F)c(N[C@@H]2Cc3ccccc3[C@H]2N(C)S(C)(=O)=O)n1. The maximum atomic E-state index is 14.1. The summed E-state index contributed by atoms with van der Waals surface area (Å²) in [6.45, 7) is 1.73. The van der Waals surface area contributed by atoms with E-state index in [1.54, 1.807) is 30.3 Å². The second-order valence-corrected chi connectivity index (χ2v) is 13.5. The van der Waals surface area contributed by atoms with Crippen molar-refractivity contribution in [2.45, 2.75) is 43.6 Å². The highest BCUT2D eigenvalue weighted by atomic mass is 32.2. The molecule has 0 saturated carbocycles. The van der Waals surface area contributed by atoms with Gasteiger partial charge in [-0.25, -0.2) is 13.4 Å². The Morgan fingerprint density at radius 3 is 2.62 bits per heavy atom. The number of likely N-dealkylation sites (tertiary alicyclic amines) is 1. The lowest BCUT2D eigenvalue weighted by Gasteiger charge is -2.30. The van der Waals surface area contributed by atoms with Crippen LogP contribution in [0.1, 0.15) is 45.9 Å². The molecule has 1 fully saturated rings. The first-order valence-corrected chi connectivity index (χ1v) is 16.3. The number of benzene rings is 2. The number of fused-ring (bicyclic) bond motifs is 1. The fourth-order valence-corrected chi connectivity index (χ4v) is 6.58. The number of carbonyl (C=O) groups is 1. The Balaban J connectivity index is 1.41. The largest absolute Gasteiger partial charge is 0.495 e. The van der Waals surface area contributed by atoms with E-state index < -0.39 is 39.7 Å². The van der Waals surface area contributed by atoms with Gasteiger partial charge in [0.25, 0.3) is 5.91 Å². The summed E-state index contributed by atoms with van der Waals surface area (Å²) in [6.07, 6.45) is -0.920. The fourth-order valence-electron chi connectivity index (χ4n) is 5.90. The van der Waals surface area contributed by atoms with Crippen LogP contribution < -0.4 is 20.7 Å². The number of anilines is 3. The topological polar surface area (TPSA) is 129 Å². The first kappa shape index (κ1) is 32.4. The molecule has 15 heteroatoms. The van der Waals surface area contributed by atoms with E-state index in [-0.39, 0.29) is 30.1 Å². The molecule has 3 N–H and O–H groups in total. The Bertz CT molecular complexity index is 1670. The van der Waals surface area contributed by atoms with E-state index in [1.165, 1.54) is 20.2 Å². The summed E-state index contributed by atoms with van der Waals surface area (Å²) < 4.78 is 73.9. The smallest absolute Gasteiger partial charge is 0.421 e. The van der Waals surface area contributed by atoms with Gasteiger partial charge in [-0.15, -0.1) is 0 Å². The second-order valence-electron chi connectivity index (χ2n) is 11.4. The summed E-state index contributed by atoms with van der Waals surface area (Å²) in [4.78, 5) is 23.2.